The first kappa shape index (κ1) is 43.2. The Morgan fingerprint density at radius 1 is 1.11 bits per heavy atom. The lowest BCUT2D eigenvalue weighted by atomic mass is 9.83. The summed E-state index contributed by atoms with van der Waals surface area (Å²) in [6.45, 7) is 14.3. The molecule has 5 rings (SSSR count). The molecule has 3 aliphatic rings. The number of ether oxygens (including phenoxy) is 4. The topological polar surface area (TPSA) is 175 Å². The van der Waals surface area contributed by atoms with Gasteiger partial charge in [-0.2, -0.15) is 0 Å². The molecular formula is C41H63N7O8. The third kappa shape index (κ3) is 9.28. The molecule has 56 heavy (non-hydrogen) atoms. The number of ketones is 1. The Morgan fingerprint density at radius 3 is 2.50 bits per heavy atom. The van der Waals surface area contributed by atoms with Gasteiger partial charge in [-0.25, -0.2) is 4.79 Å². The summed E-state index contributed by atoms with van der Waals surface area (Å²) >= 11 is 0. The number of Topliss-reactive ketones (excluding diaryl/α,β-unsaturated/α-hetero) is 1. The predicted octanol–water partition coefficient (Wildman–Crippen LogP) is 4.14. The monoisotopic (exact) mass is 781 g/mol. The maximum absolute atomic E-state index is 14.1. The summed E-state index contributed by atoms with van der Waals surface area (Å²) in [4.78, 5) is 47.5. The smallest absolute Gasteiger partial charge is 0.410 e. The normalized spacial score (nSPS) is 34.8. The first-order chi connectivity index (χ1) is 26.5. The van der Waals surface area contributed by atoms with Crippen molar-refractivity contribution < 1.29 is 38.4 Å². The number of unbranched alkanes of at least 4 members (excludes halogenated alkanes) is 1. The number of nitrogens with two attached hydrogens (primary N) is 1. The molecule has 0 radical (unpaired) electrons. The third-order valence-corrected chi connectivity index (χ3v) is 12.0. The van der Waals surface area contributed by atoms with E-state index in [9.17, 15) is 19.5 Å². The quantitative estimate of drug-likeness (QED) is 0.116. The van der Waals surface area contributed by atoms with E-state index in [1.54, 1.807) is 23.4 Å². The molecule has 15 nitrogen and oxygen atoms in total. The average molecular weight is 782 g/mol. The standard InChI is InChI=1S/C41H63N7O8/c1-11-33-41(7)37(48(40(52)56-41)19-13-12-18-47-23-31(43-44-47)29-15-14-16-30(42)22-29)28(6)46(10)20-17-24(2)36(26(4)34(49)27(5)38(51)54-33)55-39-35(50)32(45(8)9)21-25(3)53-39/h14-17,22-23,25-28,32-33,35-37,39,50H,11-13,18-21,42H2,1-10H3/b24-17+/t25-,26+,27-,28-,32?,33-,35-,36+,37-,39+,41-/m1/s1. The Bertz CT molecular complexity index is 1720. The fourth-order valence-electron chi connectivity index (χ4n) is 8.49. The fourth-order valence-corrected chi connectivity index (χ4v) is 8.49. The highest BCUT2D eigenvalue weighted by molar-refractivity contribution is 6.00. The first-order valence-electron chi connectivity index (χ1n) is 20.0. The Hall–Kier alpha value is -3.89. The Labute approximate surface area is 331 Å². The molecule has 1 amide bonds. The van der Waals surface area contributed by atoms with Crippen LogP contribution < -0.4 is 5.73 Å². The zero-order valence-corrected chi connectivity index (χ0v) is 34.8. The van der Waals surface area contributed by atoms with Crippen molar-refractivity contribution >= 4 is 23.5 Å². The SMILES string of the molecule is CC[C@H]1OC(=O)[C@H](C)C(=O)[C@H](C)[C@@H](O[C@@H]2O[C@H](C)CC(N(C)C)[C@H]2O)/C(C)=C/CN(C)[C@H](C)[C@H]2N(CCCCn3cc(-c4cccc(N)c4)nn3)C(=O)O[C@]12C. The maximum atomic E-state index is 14.1. The van der Waals surface area contributed by atoms with Crippen molar-refractivity contribution in [1.82, 2.24) is 29.7 Å². The molecule has 1 unspecified atom stereocenters. The fraction of sp³-hybridized carbons (Fsp3) is 0.683. The first-order valence-corrected chi connectivity index (χ1v) is 20.0. The lowest BCUT2D eigenvalue weighted by Crippen LogP contribution is -2.61. The highest BCUT2D eigenvalue weighted by Gasteiger charge is 2.59. The van der Waals surface area contributed by atoms with Crippen LogP contribution in [0.5, 0.6) is 0 Å². The number of benzene rings is 1. The molecule has 310 valence electrons. The van der Waals surface area contributed by atoms with E-state index in [1.165, 1.54) is 0 Å². The summed E-state index contributed by atoms with van der Waals surface area (Å²) in [6, 6.07) is 6.55. The molecule has 4 heterocycles. The molecular weight excluding hydrogens is 718 g/mol. The molecule has 0 aliphatic carbocycles. The minimum atomic E-state index is -1.20. The molecule has 0 bridgehead atoms. The maximum Gasteiger partial charge on any atom is 0.410 e. The van der Waals surface area contributed by atoms with Gasteiger partial charge in [-0.05, 0) is 99.2 Å². The molecule has 11 atom stereocenters. The van der Waals surface area contributed by atoms with Crippen LogP contribution >= 0.6 is 0 Å². The lowest BCUT2D eigenvalue weighted by Gasteiger charge is -2.43. The van der Waals surface area contributed by atoms with Crippen molar-refractivity contribution in [3.63, 3.8) is 0 Å². The number of rotatable bonds is 10. The number of cyclic esters (lactones) is 1. The summed E-state index contributed by atoms with van der Waals surface area (Å²) in [7, 11) is 5.78. The van der Waals surface area contributed by atoms with Gasteiger partial charge in [-0.1, -0.05) is 37.3 Å². The summed E-state index contributed by atoms with van der Waals surface area (Å²) in [5.74, 6) is -2.95. The number of aromatic nitrogens is 3. The van der Waals surface area contributed by atoms with E-state index in [1.807, 2.05) is 97.2 Å². The second-order valence-corrected chi connectivity index (χ2v) is 16.4. The highest BCUT2D eigenvalue weighted by atomic mass is 16.7. The van der Waals surface area contributed by atoms with Crippen LogP contribution in [-0.4, -0.2) is 141 Å². The van der Waals surface area contributed by atoms with Crippen LogP contribution in [0.15, 0.2) is 42.1 Å². The molecule has 0 spiro atoms. The zero-order chi connectivity index (χ0) is 41.1. The highest BCUT2D eigenvalue weighted by Crippen LogP contribution is 2.40. The number of anilines is 1. The van der Waals surface area contributed by atoms with Gasteiger partial charge in [0, 0.05) is 48.9 Å². The number of aryl methyl sites for hydroxylation is 1. The number of hydrogen-bond donors (Lipinski definition) is 2. The molecule has 3 N–H and O–H groups in total. The number of likely N-dealkylation sites (N-methyl/N-ethyl adjacent to an activating group) is 2. The van der Waals surface area contributed by atoms with Crippen LogP contribution in [0.4, 0.5) is 10.5 Å². The van der Waals surface area contributed by atoms with Crippen LogP contribution in [0.3, 0.4) is 0 Å². The number of aliphatic hydroxyl groups excluding tert-OH is 1. The van der Waals surface area contributed by atoms with Gasteiger partial charge >= 0.3 is 12.1 Å². The van der Waals surface area contributed by atoms with E-state index in [-0.39, 0.29) is 24.0 Å². The van der Waals surface area contributed by atoms with Crippen LogP contribution in [0.2, 0.25) is 0 Å². The van der Waals surface area contributed by atoms with Gasteiger partial charge in [0.2, 0.25) is 0 Å². The number of nitrogen functional groups attached to an aromatic ring is 1. The van der Waals surface area contributed by atoms with E-state index in [0.717, 1.165) is 23.3 Å². The van der Waals surface area contributed by atoms with Gasteiger partial charge in [-0.15, -0.1) is 5.10 Å². The van der Waals surface area contributed by atoms with Crippen LogP contribution in [0.1, 0.15) is 74.1 Å². The van der Waals surface area contributed by atoms with Gasteiger partial charge in [0.25, 0.3) is 0 Å². The molecule has 1 aromatic carbocycles. The summed E-state index contributed by atoms with van der Waals surface area (Å²) in [5, 5.41) is 19.9. The third-order valence-electron chi connectivity index (χ3n) is 12.0. The largest absolute Gasteiger partial charge is 0.458 e. The number of aliphatic hydroxyl groups is 1. The van der Waals surface area contributed by atoms with Crippen LogP contribution in [0, 0.1) is 11.8 Å². The second-order valence-electron chi connectivity index (χ2n) is 16.4. The lowest BCUT2D eigenvalue weighted by molar-refractivity contribution is -0.267. The molecule has 0 saturated carbocycles. The van der Waals surface area contributed by atoms with E-state index in [4.69, 9.17) is 24.7 Å². The molecule has 3 aliphatic heterocycles. The van der Waals surface area contributed by atoms with Gasteiger partial charge in [0.05, 0.1) is 24.4 Å². The number of carbonyl (C=O) groups excluding carboxylic acids is 3. The van der Waals surface area contributed by atoms with E-state index >= 15 is 0 Å². The van der Waals surface area contributed by atoms with Crippen molar-refractivity contribution in [2.24, 2.45) is 11.8 Å². The van der Waals surface area contributed by atoms with E-state index in [2.05, 4.69) is 15.2 Å². The van der Waals surface area contributed by atoms with Crippen molar-refractivity contribution in [3.05, 3.63) is 42.1 Å². The molecule has 1 aromatic heterocycles. The van der Waals surface area contributed by atoms with Crippen molar-refractivity contribution in [1.29, 1.82) is 0 Å². The molecule has 2 fully saturated rings. The summed E-state index contributed by atoms with van der Waals surface area (Å²) in [6.07, 6.45) is 2.06. The predicted molar refractivity (Wildman–Crippen MR) is 211 cm³/mol. The minimum Gasteiger partial charge on any atom is -0.458 e. The number of carbonyl (C=O) groups is 3. The zero-order valence-electron chi connectivity index (χ0n) is 34.8. The van der Waals surface area contributed by atoms with Crippen LogP contribution in [-0.2, 0) is 35.1 Å². The Morgan fingerprint density at radius 2 is 1.82 bits per heavy atom. The van der Waals surface area contributed by atoms with Crippen molar-refractivity contribution in [3.8, 4) is 11.3 Å². The van der Waals surface area contributed by atoms with Crippen molar-refractivity contribution in [2.45, 2.75) is 135 Å². The van der Waals surface area contributed by atoms with Gasteiger partial charge in [0.15, 0.2) is 17.7 Å². The Kier molecular flexibility index (Phi) is 14.0. The molecule has 2 aromatic rings. The summed E-state index contributed by atoms with van der Waals surface area (Å²) < 4.78 is 26.8. The number of esters is 1. The minimum absolute atomic E-state index is 0.180. The number of fused-ring (bicyclic) bond motifs is 1. The van der Waals surface area contributed by atoms with E-state index in [0.29, 0.717) is 44.6 Å². The van der Waals surface area contributed by atoms with E-state index < -0.39 is 60.1 Å². The molecule has 15 heteroatoms. The van der Waals surface area contributed by atoms with Gasteiger partial charge < -0.3 is 34.7 Å². The number of amides is 1. The van der Waals surface area contributed by atoms with Gasteiger partial charge in [0.1, 0.15) is 23.8 Å². The van der Waals surface area contributed by atoms with Crippen molar-refractivity contribution in [2.75, 3.05) is 40.0 Å². The number of nitrogens with zero attached hydrogens (tertiary/aromatic N) is 6. The second kappa shape index (κ2) is 18.1. The molecule has 2 saturated heterocycles. The number of hydrogen-bond acceptors (Lipinski definition) is 13. The average Bonchev–Trinajstić information content (AvgIpc) is 3.74. The van der Waals surface area contributed by atoms with Crippen LogP contribution in [0.25, 0.3) is 11.3 Å². The van der Waals surface area contributed by atoms with Gasteiger partial charge in [-0.3, -0.25) is 24.1 Å². The summed E-state index contributed by atoms with van der Waals surface area (Å²) in [5.41, 5.74) is 7.78. The Balaban J connectivity index is 1.38.